The van der Waals surface area contributed by atoms with E-state index in [-0.39, 0.29) is 5.56 Å². The first kappa shape index (κ1) is 9.36. The summed E-state index contributed by atoms with van der Waals surface area (Å²) in [4.78, 5) is 17.7. The summed E-state index contributed by atoms with van der Waals surface area (Å²) in [5.41, 5.74) is 1.76. The summed E-state index contributed by atoms with van der Waals surface area (Å²) in [6.45, 7) is 2.00. The zero-order valence-electron chi connectivity index (χ0n) is 7.46. The predicted octanol–water partition coefficient (Wildman–Crippen LogP) is 2.47. The minimum Gasteiger partial charge on any atom is -0.331 e. The molecule has 2 aromatic heterocycles. The third-order valence-electron chi connectivity index (χ3n) is 1.87. The number of aryl methyl sites for hydroxylation is 1. The molecule has 5 heteroatoms. The molecule has 14 heavy (non-hydrogen) atoms. The van der Waals surface area contributed by atoms with Crippen LogP contribution in [-0.2, 0) is 0 Å². The molecule has 0 aliphatic heterocycles. The molecule has 2 N–H and O–H groups in total. The molecule has 0 aromatic carbocycles. The average Bonchev–Trinajstić information content (AvgIpc) is 2.49. The highest BCUT2D eigenvalue weighted by atomic mass is 32.1. The largest absolute Gasteiger partial charge is 0.331 e. The van der Waals surface area contributed by atoms with Gasteiger partial charge in [-0.05, 0) is 36.2 Å². The van der Waals surface area contributed by atoms with Crippen molar-refractivity contribution in [3.8, 4) is 10.6 Å². The first-order chi connectivity index (χ1) is 6.66. The van der Waals surface area contributed by atoms with Crippen molar-refractivity contribution in [2.75, 3.05) is 0 Å². The van der Waals surface area contributed by atoms with Crippen LogP contribution >= 0.6 is 23.6 Å². The molecule has 0 radical (unpaired) electrons. The standard InChI is InChI=1S/C9H8N2OS2/c1-5-2-3-14-8(5)6-4-7(12)11-9(13)10-6/h2-4H,1H3,(H2,10,11,12,13). The first-order valence-corrected chi connectivity index (χ1v) is 5.34. The average molecular weight is 224 g/mol. The Morgan fingerprint density at radius 1 is 1.43 bits per heavy atom. The van der Waals surface area contributed by atoms with Crippen LogP contribution in [0.25, 0.3) is 10.6 Å². The number of thiophene rings is 1. The van der Waals surface area contributed by atoms with Gasteiger partial charge in [-0.25, -0.2) is 0 Å². The number of aromatic nitrogens is 2. The van der Waals surface area contributed by atoms with Crippen molar-refractivity contribution in [1.29, 1.82) is 0 Å². The van der Waals surface area contributed by atoms with Crippen LogP contribution in [0.2, 0.25) is 0 Å². The van der Waals surface area contributed by atoms with Crippen LogP contribution in [-0.4, -0.2) is 9.97 Å². The summed E-state index contributed by atoms with van der Waals surface area (Å²) in [6, 6.07) is 3.53. The van der Waals surface area contributed by atoms with E-state index < -0.39 is 0 Å². The van der Waals surface area contributed by atoms with Gasteiger partial charge in [-0.3, -0.25) is 9.78 Å². The van der Waals surface area contributed by atoms with Crippen LogP contribution in [0.15, 0.2) is 22.3 Å². The van der Waals surface area contributed by atoms with Gasteiger partial charge in [-0.2, -0.15) is 0 Å². The summed E-state index contributed by atoms with van der Waals surface area (Å²) < 4.78 is 0.361. The van der Waals surface area contributed by atoms with E-state index >= 15 is 0 Å². The lowest BCUT2D eigenvalue weighted by Gasteiger charge is -1.98. The maximum absolute atomic E-state index is 11.2. The number of nitrogens with one attached hydrogen (secondary N) is 2. The van der Waals surface area contributed by atoms with Crippen molar-refractivity contribution in [1.82, 2.24) is 9.97 Å². The van der Waals surface area contributed by atoms with Gasteiger partial charge in [0.25, 0.3) is 5.56 Å². The maximum atomic E-state index is 11.2. The second-order valence-corrected chi connectivity index (χ2v) is 4.26. The van der Waals surface area contributed by atoms with Gasteiger partial charge >= 0.3 is 0 Å². The SMILES string of the molecule is Cc1ccsc1-c1cc(=O)[nH]c(=S)[nH]1. The fourth-order valence-electron chi connectivity index (χ4n) is 1.24. The lowest BCUT2D eigenvalue weighted by atomic mass is 10.2. The first-order valence-electron chi connectivity index (χ1n) is 4.05. The van der Waals surface area contributed by atoms with Gasteiger partial charge in [0.1, 0.15) is 0 Å². The molecule has 2 heterocycles. The lowest BCUT2D eigenvalue weighted by molar-refractivity contribution is 1.09. The van der Waals surface area contributed by atoms with Crippen molar-refractivity contribution in [2.24, 2.45) is 0 Å². The van der Waals surface area contributed by atoms with Crippen molar-refractivity contribution >= 4 is 23.6 Å². The van der Waals surface area contributed by atoms with Gasteiger partial charge in [-0.15, -0.1) is 11.3 Å². The van der Waals surface area contributed by atoms with E-state index in [1.165, 1.54) is 6.07 Å². The maximum Gasteiger partial charge on any atom is 0.252 e. The van der Waals surface area contributed by atoms with Crippen LogP contribution in [0.3, 0.4) is 0 Å². The molecular formula is C9H8N2OS2. The monoisotopic (exact) mass is 224 g/mol. The molecule has 0 saturated heterocycles. The molecule has 0 fully saturated rings. The normalized spacial score (nSPS) is 10.4. The molecule has 0 bridgehead atoms. The van der Waals surface area contributed by atoms with Crippen molar-refractivity contribution in [3.63, 3.8) is 0 Å². The Balaban J connectivity index is 2.69. The van der Waals surface area contributed by atoms with E-state index in [1.807, 2.05) is 18.4 Å². The molecule has 0 unspecified atom stereocenters. The number of hydrogen-bond acceptors (Lipinski definition) is 3. The summed E-state index contributed by atoms with van der Waals surface area (Å²) in [6.07, 6.45) is 0. The summed E-state index contributed by atoms with van der Waals surface area (Å²) >= 11 is 6.49. The summed E-state index contributed by atoms with van der Waals surface area (Å²) in [5, 5.41) is 1.99. The highest BCUT2D eigenvalue weighted by Crippen LogP contribution is 2.25. The molecule has 0 spiro atoms. The summed E-state index contributed by atoms with van der Waals surface area (Å²) in [5.74, 6) is 0. The van der Waals surface area contributed by atoms with E-state index in [4.69, 9.17) is 12.2 Å². The minimum absolute atomic E-state index is 0.170. The third kappa shape index (κ3) is 1.69. The molecule has 0 amide bonds. The van der Waals surface area contributed by atoms with E-state index in [2.05, 4.69) is 9.97 Å². The summed E-state index contributed by atoms with van der Waals surface area (Å²) in [7, 11) is 0. The van der Waals surface area contributed by atoms with Gasteiger partial charge in [0.05, 0.1) is 10.6 Å². The Labute approximate surface area is 89.5 Å². The zero-order valence-corrected chi connectivity index (χ0v) is 9.09. The van der Waals surface area contributed by atoms with Gasteiger partial charge in [0.15, 0.2) is 4.77 Å². The van der Waals surface area contributed by atoms with Crippen LogP contribution in [0.1, 0.15) is 5.56 Å². The van der Waals surface area contributed by atoms with E-state index in [0.29, 0.717) is 4.77 Å². The van der Waals surface area contributed by atoms with Crippen LogP contribution in [0.5, 0.6) is 0 Å². The van der Waals surface area contributed by atoms with Gasteiger partial charge < -0.3 is 4.98 Å². The van der Waals surface area contributed by atoms with Crippen molar-refractivity contribution < 1.29 is 0 Å². The van der Waals surface area contributed by atoms with Crippen molar-refractivity contribution in [3.05, 3.63) is 38.2 Å². The van der Waals surface area contributed by atoms with Gasteiger partial charge in [0.2, 0.25) is 0 Å². The van der Waals surface area contributed by atoms with Crippen LogP contribution < -0.4 is 5.56 Å². The van der Waals surface area contributed by atoms with Gasteiger partial charge in [-0.1, -0.05) is 0 Å². The third-order valence-corrected chi connectivity index (χ3v) is 3.12. The Kier molecular flexibility index (Phi) is 2.35. The number of aromatic amines is 2. The van der Waals surface area contributed by atoms with E-state index in [9.17, 15) is 4.79 Å². The highest BCUT2D eigenvalue weighted by Gasteiger charge is 2.03. The van der Waals surface area contributed by atoms with Gasteiger partial charge in [0, 0.05) is 6.07 Å². The molecule has 72 valence electrons. The number of rotatable bonds is 1. The fraction of sp³-hybridized carbons (Fsp3) is 0.111. The molecule has 2 aromatic rings. The zero-order chi connectivity index (χ0) is 10.1. The molecule has 2 rings (SSSR count). The minimum atomic E-state index is -0.170. The van der Waals surface area contributed by atoms with Crippen LogP contribution in [0.4, 0.5) is 0 Å². The second kappa shape index (κ2) is 3.51. The highest BCUT2D eigenvalue weighted by molar-refractivity contribution is 7.71. The topological polar surface area (TPSA) is 48.6 Å². The molecule has 0 aliphatic rings. The Morgan fingerprint density at radius 3 is 2.79 bits per heavy atom. The molecular weight excluding hydrogens is 216 g/mol. The quantitative estimate of drug-likeness (QED) is 0.731. The van der Waals surface area contributed by atoms with Crippen LogP contribution in [0, 0.1) is 11.7 Å². The lowest BCUT2D eigenvalue weighted by Crippen LogP contribution is -2.06. The number of hydrogen-bond donors (Lipinski definition) is 2. The fourth-order valence-corrected chi connectivity index (χ4v) is 2.35. The van der Waals surface area contributed by atoms with Crippen molar-refractivity contribution in [2.45, 2.75) is 6.92 Å². The molecule has 0 aliphatic carbocycles. The smallest absolute Gasteiger partial charge is 0.252 e. The predicted molar refractivity (Wildman–Crippen MR) is 60.3 cm³/mol. The van der Waals surface area contributed by atoms with E-state index in [1.54, 1.807) is 11.3 Å². The Hall–Kier alpha value is -1.20. The molecule has 3 nitrogen and oxygen atoms in total. The Morgan fingerprint density at radius 2 is 2.21 bits per heavy atom. The molecule has 0 saturated carbocycles. The second-order valence-electron chi connectivity index (χ2n) is 2.93. The van der Waals surface area contributed by atoms with E-state index in [0.717, 1.165) is 16.1 Å². The Bertz CT molecular complexity index is 536. The molecule has 0 atom stereocenters. The number of H-pyrrole nitrogens is 2.